The van der Waals surface area contributed by atoms with E-state index >= 15 is 0 Å². The van der Waals surface area contributed by atoms with E-state index in [-0.39, 0.29) is 0 Å². The Morgan fingerprint density at radius 3 is 2.38 bits per heavy atom. The average molecular weight is 357 g/mol. The number of nitrogens with one attached hydrogen (secondary N) is 1. The highest BCUT2D eigenvalue weighted by molar-refractivity contribution is 5.40. The SMILES string of the molecule is C=C/C=C(C=C)/C(=C/CC)NC1CN(C2CCC(CCCCC)CC2)C1. The number of rotatable bonds is 11. The molecular weight excluding hydrogens is 316 g/mol. The standard InChI is InChI=1S/C24H40N2/c1-5-9-10-13-20-14-16-23(17-15-20)26-18-22(19-26)25-24(12-7-3)21(8-4)11-6-2/h6,8,11-12,20,22-23,25H,2,4-5,7,9-10,13-19H2,1,3H3/b21-11+,24-12-. The van der Waals surface area contributed by atoms with Gasteiger partial charge >= 0.3 is 0 Å². The molecule has 2 aliphatic rings. The Morgan fingerprint density at radius 2 is 1.81 bits per heavy atom. The number of nitrogens with zero attached hydrogens (tertiary/aromatic N) is 1. The van der Waals surface area contributed by atoms with Crippen LogP contribution in [0, 0.1) is 5.92 Å². The first-order valence-electron chi connectivity index (χ1n) is 10.9. The summed E-state index contributed by atoms with van der Waals surface area (Å²) in [6, 6.07) is 1.40. The lowest BCUT2D eigenvalue weighted by atomic mass is 9.81. The van der Waals surface area contributed by atoms with Crippen molar-refractivity contribution in [3.63, 3.8) is 0 Å². The highest BCUT2D eigenvalue weighted by atomic mass is 15.3. The molecule has 0 radical (unpaired) electrons. The van der Waals surface area contributed by atoms with Gasteiger partial charge in [0.1, 0.15) is 0 Å². The van der Waals surface area contributed by atoms with Gasteiger partial charge in [-0.3, -0.25) is 4.90 Å². The molecule has 1 aliphatic carbocycles. The summed E-state index contributed by atoms with van der Waals surface area (Å²) in [5.41, 5.74) is 2.36. The molecule has 146 valence electrons. The highest BCUT2D eigenvalue weighted by Gasteiger charge is 2.34. The zero-order valence-electron chi connectivity index (χ0n) is 17.2. The van der Waals surface area contributed by atoms with Gasteiger partial charge in [-0.1, -0.05) is 77.0 Å². The lowest BCUT2D eigenvalue weighted by molar-refractivity contribution is 0.0502. The van der Waals surface area contributed by atoms with Gasteiger partial charge in [0.15, 0.2) is 0 Å². The quantitative estimate of drug-likeness (QED) is 0.361. The van der Waals surface area contributed by atoms with Crippen molar-refractivity contribution in [2.75, 3.05) is 13.1 Å². The zero-order chi connectivity index (χ0) is 18.8. The van der Waals surface area contributed by atoms with Crippen LogP contribution in [-0.4, -0.2) is 30.1 Å². The fourth-order valence-corrected chi connectivity index (χ4v) is 4.46. The predicted octanol–water partition coefficient (Wildman–Crippen LogP) is 5.99. The van der Waals surface area contributed by atoms with E-state index in [1.807, 2.05) is 18.2 Å². The molecule has 2 fully saturated rings. The molecule has 0 aromatic heterocycles. The van der Waals surface area contributed by atoms with Crippen molar-refractivity contribution in [1.82, 2.24) is 10.2 Å². The molecule has 2 nitrogen and oxygen atoms in total. The van der Waals surface area contributed by atoms with Crippen molar-refractivity contribution in [2.45, 2.75) is 83.7 Å². The second kappa shape index (κ2) is 11.4. The van der Waals surface area contributed by atoms with Crippen molar-refractivity contribution < 1.29 is 0 Å². The van der Waals surface area contributed by atoms with Gasteiger partial charge in [0.2, 0.25) is 0 Å². The van der Waals surface area contributed by atoms with Gasteiger partial charge in [0.25, 0.3) is 0 Å². The summed E-state index contributed by atoms with van der Waals surface area (Å²) < 4.78 is 0. The third-order valence-corrected chi connectivity index (χ3v) is 6.05. The molecule has 26 heavy (non-hydrogen) atoms. The van der Waals surface area contributed by atoms with Crippen LogP contribution in [0.2, 0.25) is 0 Å². The number of allylic oxidation sites excluding steroid dienone is 4. The lowest BCUT2D eigenvalue weighted by Crippen LogP contribution is -2.61. The van der Waals surface area contributed by atoms with Crippen LogP contribution in [0.5, 0.6) is 0 Å². The van der Waals surface area contributed by atoms with Crippen LogP contribution in [0.1, 0.15) is 71.6 Å². The summed E-state index contributed by atoms with van der Waals surface area (Å²) in [5.74, 6) is 1.01. The Balaban J connectivity index is 1.73. The molecule has 0 aromatic carbocycles. The molecule has 2 rings (SSSR count). The molecule has 0 atom stereocenters. The van der Waals surface area contributed by atoms with Crippen molar-refractivity contribution in [3.05, 3.63) is 48.7 Å². The second-order valence-corrected chi connectivity index (χ2v) is 8.05. The van der Waals surface area contributed by atoms with E-state index in [4.69, 9.17) is 0 Å². The first-order chi connectivity index (χ1) is 12.7. The first-order valence-corrected chi connectivity index (χ1v) is 10.9. The van der Waals surface area contributed by atoms with Crippen LogP contribution in [0.4, 0.5) is 0 Å². The van der Waals surface area contributed by atoms with Crippen molar-refractivity contribution in [3.8, 4) is 0 Å². The Kier molecular flexibility index (Phi) is 9.25. The number of unbranched alkanes of at least 4 members (excludes halogenated alkanes) is 2. The molecule has 0 bridgehead atoms. The van der Waals surface area contributed by atoms with E-state index in [2.05, 4.69) is 43.3 Å². The number of hydrogen-bond donors (Lipinski definition) is 1. The van der Waals surface area contributed by atoms with Crippen LogP contribution < -0.4 is 5.32 Å². The maximum absolute atomic E-state index is 3.95. The molecule has 1 aliphatic heterocycles. The van der Waals surface area contributed by atoms with E-state index < -0.39 is 0 Å². The largest absolute Gasteiger partial charge is 0.380 e. The lowest BCUT2D eigenvalue weighted by Gasteiger charge is -2.47. The van der Waals surface area contributed by atoms with Crippen LogP contribution in [-0.2, 0) is 0 Å². The summed E-state index contributed by atoms with van der Waals surface area (Å²) in [4.78, 5) is 2.70. The number of likely N-dealkylation sites (tertiary alicyclic amines) is 1. The Bertz CT molecular complexity index is 488. The summed E-state index contributed by atoms with van der Waals surface area (Å²) in [7, 11) is 0. The molecule has 0 unspecified atom stereocenters. The van der Waals surface area contributed by atoms with Gasteiger partial charge in [-0.2, -0.15) is 0 Å². The minimum Gasteiger partial charge on any atom is -0.380 e. The highest BCUT2D eigenvalue weighted by Crippen LogP contribution is 2.33. The summed E-state index contributed by atoms with van der Waals surface area (Å²) in [5, 5.41) is 3.73. The maximum atomic E-state index is 3.95. The minimum atomic E-state index is 0.572. The van der Waals surface area contributed by atoms with E-state index in [1.54, 1.807) is 0 Å². The van der Waals surface area contributed by atoms with Gasteiger partial charge in [-0.05, 0) is 43.6 Å². The van der Waals surface area contributed by atoms with Crippen LogP contribution in [0.3, 0.4) is 0 Å². The zero-order valence-corrected chi connectivity index (χ0v) is 17.2. The van der Waals surface area contributed by atoms with Gasteiger partial charge in [-0.15, -0.1) is 0 Å². The third-order valence-electron chi connectivity index (χ3n) is 6.05. The van der Waals surface area contributed by atoms with Crippen molar-refractivity contribution in [2.24, 2.45) is 5.92 Å². The van der Waals surface area contributed by atoms with E-state index in [1.165, 1.54) is 70.2 Å². The Labute approximate surface area is 162 Å². The van der Waals surface area contributed by atoms with E-state index in [9.17, 15) is 0 Å². The fourth-order valence-electron chi connectivity index (χ4n) is 4.46. The third kappa shape index (κ3) is 6.16. The fraction of sp³-hybridized carbons (Fsp3) is 0.667. The first kappa shape index (κ1) is 21.0. The van der Waals surface area contributed by atoms with Gasteiger partial charge < -0.3 is 5.32 Å². The molecule has 1 saturated heterocycles. The summed E-state index contributed by atoms with van der Waals surface area (Å²) in [6.07, 6.45) is 20.5. The van der Waals surface area contributed by atoms with Crippen LogP contribution in [0.25, 0.3) is 0 Å². The monoisotopic (exact) mass is 356 g/mol. The normalized spacial score (nSPS) is 25.6. The van der Waals surface area contributed by atoms with Crippen molar-refractivity contribution >= 4 is 0 Å². The summed E-state index contributed by atoms with van der Waals surface area (Å²) in [6.45, 7) is 14.6. The Morgan fingerprint density at radius 1 is 1.08 bits per heavy atom. The molecule has 0 spiro atoms. The van der Waals surface area contributed by atoms with Crippen LogP contribution in [0.15, 0.2) is 48.7 Å². The molecule has 0 amide bonds. The molecule has 1 heterocycles. The van der Waals surface area contributed by atoms with E-state index in [0.29, 0.717) is 6.04 Å². The molecule has 0 aromatic rings. The molecular formula is C24H40N2. The summed E-state index contributed by atoms with van der Waals surface area (Å²) >= 11 is 0. The topological polar surface area (TPSA) is 15.3 Å². The van der Waals surface area contributed by atoms with Crippen LogP contribution >= 0.6 is 0 Å². The smallest absolute Gasteiger partial charge is 0.0515 e. The van der Waals surface area contributed by atoms with E-state index in [0.717, 1.165) is 24.0 Å². The maximum Gasteiger partial charge on any atom is 0.0515 e. The van der Waals surface area contributed by atoms with Crippen molar-refractivity contribution in [1.29, 1.82) is 0 Å². The number of hydrogen-bond acceptors (Lipinski definition) is 2. The predicted molar refractivity (Wildman–Crippen MR) is 115 cm³/mol. The van der Waals surface area contributed by atoms with Gasteiger partial charge in [0, 0.05) is 24.8 Å². The molecule has 1 N–H and O–H groups in total. The second-order valence-electron chi connectivity index (χ2n) is 8.05. The minimum absolute atomic E-state index is 0.572. The molecule has 2 heteroatoms. The van der Waals surface area contributed by atoms with Gasteiger partial charge in [-0.25, -0.2) is 0 Å². The van der Waals surface area contributed by atoms with Gasteiger partial charge in [0.05, 0.1) is 6.04 Å². The molecule has 1 saturated carbocycles. The Hall–Kier alpha value is -1.28. The average Bonchev–Trinajstić information content (AvgIpc) is 2.62.